The summed E-state index contributed by atoms with van der Waals surface area (Å²) in [5.41, 5.74) is 0.273. The van der Waals surface area contributed by atoms with E-state index in [2.05, 4.69) is 26.6 Å². The van der Waals surface area contributed by atoms with Crippen molar-refractivity contribution >= 4 is 33.8 Å². The Morgan fingerprint density at radius 2 is 1.80 bits per heavy atom. The van der Waals surface area contributed by atoms with Gasteiger partial charge in [-0.05, 0) is 18.2 Å². The highest BCUT2D eigenvalue weighted by atomic mass is 79.9. The summed E-state index contributed by atoms with van der Waals surface area (Å²) in [7, 11) is 1.35. The van der Waals surface area contributed by atoms with Crippen molar-refractivity contribution in [2.75, 3.05) is 7.05 Å². The average Bonchev–Trinajstić information content (AvgIpc) is 2.61. The fraction of sp³-hybridized carbons (Fsp3) is 0.118. The van der Waals surface area contributed by atoms with Gasteiger partial charge in [-0.3, -0.25) is 10.1 Å². The second kappa shape index (κ2) is 8.29. The number of urea groups is 1. The van der Waals surface area contributed by atoms with Crippen LogP contribution in [-0.2, 0) is 9.53 Å². The van der Waals surface area contributed by atoms with E-state index in [0.717, 1.165) is 0 Å². The molecule has 2 rings (SSSR count). The summed E-state index contributed by atoms with van der Waals surface area (Å²) in [5, 5.41) is 14.1. The fourth-order valence-corrected chi connectivity index (χ4v) is 2.34. The smallest absolute Gasteiger partial charge is 0.343 e. The molecule has 8 heteroatoms. The minimum atomic E-state index is -1.36. The third kappa shape index (κ3) is 4.80. The predicted octanol–water partition coefficient (Wildman–Crippen LogP) is 2.51. The highest BCUT2D eigenvalue weighted by Crippen LogP contribution is 2.26. The zero-order chi connectivity index (χ0) is 18.4. The quantitative estimate of drug-likeness (QED) is 0.676. The number of halogens is 1. The molecule has 2 aromatic carbocycles. The summed E-state index contributed by atoms with van der Waals surface area (Å²) >= 11 is 3.20. The molecule has 0 saturated heterocycles. The van der Waals surface area contributed by atoms with Gasteiger partial charge in [0.1, 0.15) is 11.3 Å². The van der Waals surface area contributed by atoms with Gasteiger partial charge in [0.15, 0.2) is 0 Å². The third-order valence-corrected chi connectivity index (χ3v) is 3.70. The van der Waals surface area contributed by atoms with Crippen LogP contribution in [0.5, 0.6) is 5.75 Å². The number of benzene rings is 2. The molecule has 0 heterocycles. The Morgan fingerprint density at radius 1 is 1.12 bits per heavy atom. The molecular formula is C17H15BrN2O5. The third-order valence-electron chi connectivity index (χ3n) is 3.21. The molecule has 0 saturated carbocycles. The van der Waals surface area contributed by atoms with Crippen LogP contribution in [0.15, 0.2) is 53.0 Å². The van der Waals surface area contributed by atoms with E-state index in [9.17, 15) is 19.5 Å². The van der Waals surface area contributed by atoms with Crippen molar-refractivity contribution in [2.24, 2.45) is 0 Å². The Kier molecular flexibility index (Phi) is 6.13. The van der Waals surface area contributed by atoms with Gasteiger partial charge in [0.25, 0.3) is 5.91 Å². The number of hydrogen-bond donors (Lipinski definition) is 3. The van der Waals surface area contributed by atoms with Gasteiger partial charge in [0, 0.05) is 17.1 Å². The predicted molar refractivity (Wildman–Crippen MR) is 93.0 cm³/mol. The first kappa shape index (κ1) is 18.5. The highest BCUT2D eigenvalue weighted by molar-refractivity contribution is 9.10. The summed E-state index contributed by atoms with van der Waals surface area (Å²) < 4.78 is 5.81. The molecule has 3 N–H and O–H groups in total. The molecular weight excluding hydrogens is 392 g/mol. The topological polar surface area (TPSA) is 105 Å². The van der Waals surface area contributed by atoms with Gasteiger partial charge in [0.2, 0.25) is 6.10 Å². The van der Waals surface area contributed by atoms with Crippen LogP contribution >= 0.6 is 15.9 Å². The minimum absolute atomic E-state index is 0.108. The van der Waals surface area contributed by atoms with E-state index in [-0.39, 0.29) is 11.3 Å². The number of esters is 1. The van der Waals surface area contributed by atoms with Gasteiger partial charge >= 0.3 is 12.0 Å². The van der Waals surface area contributed by atoms with E-state index >= 15 is 0 Å². The highest BCUT2D eigenvalue weighted by Gasteiger charge is 2.28. The SMILES string of the molecule is CNC(=O)NC(=O)[C@H](OC(=O)c1cc(Br)ccc1O)c1ccccc1. The molecule has 7 nitrogen and oxygen atoms in total. The summed E-state index contributed by atoms with van der Waals surface area (Å²) in [4.78, 5) is 36.1. The Bertz CT molecular complexity index is 795. The normalized spacial score (nSPS) is 11.3. The number of nitrogens with one attached hydrogen (secondary N) is 2. The van der Waals surface area contributed by atoms with Crippen molar-refractivity contribution in [1.82, 2.24) is 10.6 Å². The maximum absolute atomic E-state index is 12.4. The summed E-state index contributed by atoms with van der Waals surface area (Å²) in [5.74, 6) is -2.00. The largest absolute Gasteiger partial charge is 0.507 e. The van der Waals surface area contributed by atoms with Crippen LogP contribution in [0.2, 0.25) is 0 Å². The first-order chi connectivity index (χ1) is 11.9. The van der Waals surface area contributed by atoms with Crippen molar-refractivity contribution in [3.63, 3.8) is 0 Å². The summed E-state index contributed by atoms with van der Waals surface area (Å²) in [6, 6.07) is 11.8. The molecule has 0 radical (unpaired) electrons. The number of carbonyl (C=O) groups excluding carboxylic acids is 3. The Balaban J connectivity index is 2.29. The van der Waals surface area contributed by atoms with Gasteiger partial charge in [-0.1, -0.05) is 46.3 Å². The van der Waals surface area contributed by atoms with Crippen molar-refractivity contribution in [3.8, 4) is 5.75 Å². The number of amides is 3. The lowest BCUT2D eigenvalue weighted by atomic mass is 10.1. The van der Waals surface area contributed by atoms with Crippen molar-refractivity contribution < 1.29 is 24.2 Å². The number of aromatic hydroxyl groups is 1. The molecule has 0 fully saturated rings. The van der Waals surface area contributed by atoms with Crippen molar-refractivity contribution in [1.29, 1.82) is 0 Å². The first-order valence-electron chi connectivity index (χ1n) is 7.19. The molecule has 25 heavy (non-hydrogen) atoms. The molecule has 0 aliphatic carbocycles. The molecule has 0 aliphatic heterocycles. The van der Waals surface area contributed by atoms with E-state index in [1.165, 1.54) is 19.2 Å². The van der Waals surface area contributed by atoms with Gasteiger partial charge in [0.05, 0.1) is 0 Å². The van der Waals surface area contributed by atoms with E-state index in [1.807, 2.05) is 0 Å². The lowest BCUT2D eigenvalue weighted by molar-refractivity contribution is -0.129. The van der Waals surface area contributed by atoms with Crippen LogP contribution in [0.4, 0.5) is 4.79 Å². The summed E-state index contributed by atoms with van der Waals surface area (Å²) in [6.07, 6.45) is -1.36. The maximum atomic E-state index is 12.4. The van der Waals surface area contributed by atoms with Gasteiger partial charge < -0.3 is 15.2 Å². The van der Waals surface area contributed by atoms with E-state index < -0.39 is 24.0 Å². The number of rotatable bonds is 4. The van der Waals surface area contributed by atoms with E-state index in [4.69, 9.17) is 4.74 Å². The fourth-order valence-electron chi connectivity index (χ4n) is 1.98. The number of hydrogen-bond acceptors (Lipinski definition) is 5. The van der Waals surface area contributed by atoms with E-state index in [1.54, 1.807) is 36.4 Å². The zero-order valence-corrected chi connectivity index (χ0v) is 14.7. The molecule has 2 aromatic rings. The second-order valence-corrected chi connectivity index (χ2v) is 5.84. The van der Waals surface area contributed by atoms with Crippen LogP contribution in [0.3, 0.4) is 0 Å². The lowest BCUT2D eigenvalue weighted by Crippen LogP contribution is -2.41. The van der Waals surface area contributed by atoms with Crippen LogP contribution in [-0.4, -0.2) is 30.1 Å². The van der Waals surface area contributed by atoms with Crippen molar-refractivity contribution in [2.45, 2.75) is 6.10 Å². The molecule has 0 bridgehead atoms. The Morgan fingerprint density at radius 3 is 2.44 bits per heavy atom. The van der Waals surface area contributed by atoms with Gasteiger partial charge in [-0.25, -0.2) is 9.59 Å². The van der Waals surface area contributed by atoms with Crippen molar-refractivity contribution in [3.05, 3.63) is 64.1 Å². The minimum Gasteiger partial charge on any atom is -0.507 e. The lowest BCUT2D eigenvalue weighted by Gasteiger charge is -2.18. The molecule has 0 aromatic heterocycles. The van der Waals surface area contributed by atoms with E-state index in [0.29, 0.717) is 10.0 Å². The molecule has 0 unspecified atom stereocenters. The molecule has 3 amide bonds. The van der Waals surface area contributed by atoms with Crippen LogP contribution in [0.1, 0.15) is 22.0 Å². The maximum Gasteiger partial charge on any atom is 0.343 e. The molecule has 0 aliphatic rings. The second-order valence-electron chi connectivity index (χ2n) is 4.93. The number of phenolic OH excluding ortho intramolecular Hbond substituents is 1. The Labute approximate surface area is 152 Å². The number of phenols is 1. The Hall–Kier alpha value is -2.87. The molecule has 1 atom stereocenters. The number of carbonyl (C=O) groups is 3. The van der Waals surface area contributed by atoms with Gasteiger partial charge in [-0.2, -0.15) is 0 Å². The first-order valence-corrected chi connectivity index (χ1v) is 7.98. The molecule has 130 valence electrons. The standard InChI is InChI=1S/C17H15BrN2O5/c1-19-17(24)20-15(22)14(10-5-3-2-4-6-10)25-16(23)12-9-11(18)7-8-13(12)21/h2-9,14,21H,1H3,(H2,19,20,22,24)/t14-/m1/s1. The molecule has 0 spiro atoms. The van der Waals surface area contributed by atoms with Gasteiger partial charge in [-0.15, -0.1) is 0 Å². The van der Waals surface area contributed by atoms with Crippen LogP contribution < -0.4 is 10.6 Å². The number of ether oxygens (including phenoxy) is 1. The monoisotopic (exact) mass is 406 g/mol. The zero-order valence-electron chi connectivity index (χ0n) is 13.2. The summed E-state index contributed by atoms with van der Waals surface area (Å²) in [6.45, 7) is 0. The average molecular weight is 407 g/mol. The number of imide groups is 1. The van der Waals surface area contributed by atoms with Crippen LogP contribution in [0.25, 0.3) is 0 Å². The van der Waals surface area contributed by atoms with Crippen LogP contribution in [0, 0.1) is 0 Å².